The van der Waals surface area contributed by atoms with Gasteiger partial charge in [0.2, 0.25) is 0 Å². The summed E-state index contributed by atoms with van der Waals surface area (Å²) in [6.07, 6.45) is -2.91. The van der Waals surface area contributed by atoms with Crippen molar-refractivity contribution in [2.75, 3.05) is 0 Å². The van der Waals surface area contributed by atoms with Crippen molar-refractivity contribution < 1.29 is 27.9 Å². The number of rotatable bonds is 7. The Labute approximate surface area is 234 Å². The predicted molar refractivity (Wildman–Crippen MR) is 154 cm³/mol. The van der Waals surface area contributed by atoms with E-state index in [1.165, 1.54) is 16.8 Å². The van der Waals surface area contributed by atoms with Crippen LogP contribution < -0.4 is 11.2 Å². The van der Waals surface area contributed by atoms with Gasteiger partial charge in [-0.2, -0.15) is 0 Å². The van der Waals surface area contributed by atoms with Gasteiger partial charge >= 0.3 is 11.7 Å². The van der Waals surface area contributed by atoms with Gasteiger partial charge in [-0.05, 0) is 57.0 Å². The summed E-state index contributed by atoms with van der Waals surface area (Å²) >= 11 is 0. The number of carbonyl (C=O) groups is 1. The molecule has 1 N–H and O–H groups in total. The van der Waals surface area contributed by atoms with E-state index >= 15 is 0 Å². The van der Waals surface area contributed by atoms with E-state index in [1.807, 2.05) is 0 Å². The molecule has 12 heteroatoms. The number of nitrogens with one attached hydrogen (secondary N) is 1. The van der Waals surface area contributed by atoms with Crippen molar-refractivity contribution in [3.8, 4) is 0 Å². The van der Waals surface area contributed by atoms with Crippen LogP contribution in [0.5, 0.6) is 0 Å². The maximum atomic E-state index is 13.0. The van der Waals surface area contributed by atoms with Gasteiger partial charge in [-0.3, -0.25) is 14.3 Å². The molecule has 2 fully saturated rings. The minimum atomic E-state index is -2.41. The highest BCUT2D eigenvalue weighted by molar-refractivity contribution is 6.74. The van der Waals surface area contributed by atoms with Crippen LogP contribution in [0.3, 0.4) is 0 Å². The number of ether oxygens (including phenoxy) is 3. The van der Waals surface area contributed by atoms with Crippen LogP contribution in [0.2, 0.25) is 36.3 Å². The molecule has 0 saturated carbocycles. The summed E-state index contributed by atoms with van der Waals surface area (Å²) in [6, 6.07) is 1.28. The van der Waals surface area contributed by atoms with Crippen LogP contribution in [0.1, 0.15) is 68.5 Å². The second-order valence-corrected chi connectivity index (χ2v) is 24.3. The number of nitrogens with zero attached hydrogens (tertiary/aromatic N) is 1. The maximum absolute atomic E-state index is 13.0. The Morgan fingerprint density at radius 2 is 1.36 bits per heavy atom. The van der Waals surface area contributed by atoms with Crippen molar-refractivity contribution in [1.29, 1.82) is 0 Å². The zero-order valence-electron chi connectivity index (χ0n) is 25.8. The van der Waals surface area contributed by atoms with E-state index in [2.05, 4.69) is 72.7 Å². The Morgan fingerprint density at radius 1 is 0.846 bits per heavy atom. The first-order chi connectivity index (χ1) is 17.5. The number of H-pyrrole nitrogens is 1. The third-order valence-corrected chi connectivity index (χ3v) is 17.3. The molecule has 6 atom stereocenters. The van der Waals surface area contributed by atoms with Crippen molar-refractivity contribution in [3.63, 3.8) is 0 Å². The molecule has 10 nitrogen and oxygen atoms in total. The Balaban J connectivity index is 2.10. The summed E-state index contributed by atoms with van der Waals surface area (Å²) in [5.41, 5.74) is -1.78. The van der Waals surface area contributed by atoms with E-state index in [-0.39, 0.29) is 10.1 Å². The molecule has 0 unspecified atom stereocenters. The van der Waals surface area contributed by atoms with Gasteiger partial charge in [0.05, 0.1) is 0 Å². The molecule has 3 rings (SSSR count). The van der Waals surface area contributed by atoms with Gasteiger partial charge in [0.1, 0.15) is 30.0 Å². The lowest BCUT2D eigenvalue weighted by atomic mass is 10.1. The third kappa shape index (κ3) is 7.02. The van der Waals surface area contributed by atoms with E-state index in [9.17, 15) is 14.4 Å². The number of hydrogen-bond acceptors (Lipinski definition) is 8. The Morgan fingerprint density at radius 3 is 1.82 bits per heavy atom. The molecule has 2 aliphatic heterocycles. The summed E-state index contributed by atoms with van der Waals surface area (Å²) in [5.74, 6) is -0.464. The second-order valence-electron chi connectivity index (χ2n) is 14.7. The average Bonchev–Trinajstić information content (AvgIpc) is 3.44. The topological polar surface area (TPSA) is 121 Å². The van der Waals surface area contributed by atoms with E-state index in [4.69, 9.17) is 23.1 Å². The molecule has 0 aromatic carbocycles. The normalized spacial score (nSPS) is 28.4. The first-order valence-corrected chi connectivity index (χ1v) is 19.5. The van der Waals surface area contributed by atoms with Crippen LogP contribution in [-0.2, 0) is 27.9 Å². The van der Waals surface area contributed by atoms with E-state index < -0.39 is 76.2 Å². The van der Waals surface area contributed by atoms with Crippen molar-refractivity contribution in [2.24, 2.45) is 0 Å². The summed E-state index contributed by atoms with van der Waals surface area (Å²) in [5, 5.41) is -0.261. The standard InChI is InChI=1S/C27H48N2O8Si2/c1-25(2,3)35-23(31)21-18(33-21)17-19(36-38(10,11)26(4,5)6)20(37-39(12,13)27(7,8)9)22(34-17)29-15-14-16(30)28-24(29)32/h14-15,17-22H,1-13H3,(H,28,30,32)/t17-,18-,19-,20-,21+,22-/m1/s1. The van der Waals surface area contributed by atoms with Gasteiger partial charge in [0.15, 0.2) is 29.0 Å². The zero-order valence-corrected chi connectivity index (χ0v) is 27.8. The van der Waals surface area contributed by atoms with E-state index in [1.54, 1.807) is 20.8 Å². The van der Waals surface area contributed by atoms with Gasteiger partial charge < -0.3 is 23.1 Å². The highest BCUT2D eigenvalue weighted by Crippen LogP contribution is 2.48. The minimum Gasteiger partial charge on any atom is -0.458 e. The fourth-order valence-electron chi connectivity index (χ4n) is 4.00. The maximum Gasteiger partial charge on any atom is 0.338 e. The molecular formula is C27H48N2O8Si2. The highest BCUT2D eigenvalue weighted by Gasteiger charge is 2.63. The molecule has 2 saturated heterocycles. The average molecular weight is 585 g/mol. The van der Waals surface area contributed by atoms with Crippen molar-refractivity contribution >= 4 is 22.6 Å². The van der Waals surface area contributed by atoms with Crippen molar-refractivity contribution in [1.82, 2.24) is 9.55 Å². The number of carbonyl (C=O) groups excluding carboxylic acids is 1. The summed E-state index contributed by atoms with van der Waals surface area (Å²) < 4.78 is 33.3. The molecular weight excluding hydrogens is 536 g/mol. The molecule has 3 heterocycles. The molecule has 0 spiro atoms. The first-order valence-electron chi connectivity index (χ1n) is 13.7. The number of aromatic nitrogens is 2. The Bertz CT molecular complexity index is 1170. The highest BCUT2D eigenvalue weighted by atomic mass is 28.4. The summed E-state index contributed by atoms with van der Waals surface area (Å²) in [7, 11) is -4.81. The van der Waals surface area contributed by atoms with Crippen LogP contribution in [-0.4, -0.2) is 68.3 Å². The summed E-state index contributed by atoms with van der Waals surface area (Å²) in [6.45, 7) is 26.8. The van der Waals surface area contributed by atoms with Gasteiger partial charge in [0.25, 0.3) is 5.56 Å². The lowest BCUT2D eigenvalue weighted by Gasteiger charge is -2.44. The number of hydrogen-bond donors (Lipinski definition) is 1. The largest absolute Gasteiger partial charge is 0.458 e. The van der Waals surface area contributed by atoms with Crippen LogP contribution in [0.25, 0.3) is 0 Å². The molecule has 222 valence electrons. The monoisotopic (exact) mass is 584 g/mol. The molecule has 39 heavy (non-hydrogen) atoms. The fourth-order valence-corrected chi connectivity index (χ4v) is 6.58. The molecule has 0 radical (unpaired) electrons. The smallest absolute Gasteiger partial charge is 0.338 e. The first kappa shape index (κ1) is 31.9. The molecule has 2 aliphatic rings. The Kier molecular flexibility index (Phi) is 8.49. The van der Waals surface area contributed by atoms with Gasteiger partial charge in [0, 0.05) is 12.3 Å². The second kappa shape index (κ2) is 10.4. The van der Waals surface area contributed by atoms with Crippen LogP contribution >= 0.6 is 0 Å². The van der Waals surface area contributed by atoms with Crippen LogP contribution in [0, 0.1) is 0 Å². The number of epoxide rings is 1. The van der Waals surface area contributed by atoms with Gasteiger partial charge in [-0.25, -0.2) is 9.59 Å². The lowest BCUT2D eigenvalue weighted by Crippen LogP contribution is -2.54. The third-order valence-electron chi connectivity index (χ3n) is 8.31. The van der Waals surface area contributed by atoms with Gasteiger partial charge in [-0.15, -0.1) is 0 Å². The molecule has 1 aromatic heterocycles. The zero-order chi connectivity index (χ0) is 29.9. The number of esters is 1. The predicted octanol–water partition coefficient (Wildman–Crippen LogP) is 4.32. The van der Waals surface area contributed by atoms with Crippen molar-refractivity contribution in [3.05, 3.63) is 33.1 Å². The number of aromatic amines is 1. The molecule has 1 aromatic rings. The molecule has 0 amide bonds. The minimum absolute atomic E-state index is 0.124. The van der Waals surface area contributed by atoms with E-state index in [0.29, 0.717) is 0 Å². The van der Waals surface area contributed by atoms with Crippen molar-refractivity contribution in [2.45, 2.75) is 141 Å². The van der Waals surface area contributed by atoms with Gasteiger partial charge in [-0.1, -0.05) is 41.5 Å². The lowest BCUT2D eigenvalue weighted by molar-refractivity contribution is -0.156. The molecule has 0 aliphatic carbocycles. The molecule has 0 bridgehead atoms. The fraction of sp³-hybridized carbons (Fsp3) is 0.815. The van der Waals surface area contributed by atoms with Crippen LogP contribution in [0.4, 0.5) is 0 Å². The SMILES string of the molecule is CC(C)(C)OC(=O)[C@H]1O[C@@H]1[C@H]1O[C@@H](n2ccc(=O)[nH]c2=O)[C@H](O[Si](C)(C)C(C)(C)C)[C@@H]1O[Si](C)(C)C(C)(C)C. The van der Waals surface area contributed by atoms with Crippen LogP contribution in [0.15, 0.2) is 21.9 Å². The quantitative estimate of drug-likeness (QED) is 0.286. The Hall–Kier alpha value is -1.58. The van der Waals surface area contributed by atoms with E-state index in [0.717, 1.165) is 0 Å². The summed E-state index contributed by atoms with van der Waals surface area (Å²) in [4.78, 5) is 40.0.